The Labute approximate surface area is 134 Å². The van der Waals surface area contributed by atoms with E-state index in [0.29, 0.717) is 11.1 Å². The Morgan fingerprint density at radius 1 is 1.17 bits per heavy atom. The molecule has 0 aliphatic heterocycles. The lowest BCUT2D eigenvalue weighted by Crippen LogP contribution is -2.21. The van der Waals surface area contributed by atoms with Crippen LogP contribution in [0.1, 0.15) is 36.7 Å². The number of hydrogen-bond donors (Lipinski definition) is 1. The first kappa shape index (κ1) is 15.1. The van der Waals surface area contributed by atoms with Crippen molar-refractivity contribution in [2.75, 3.05) is 12.4 Å². The minimum absolute atomic E-state index is 0.0857. The fraction of sp³-hybridized carbons (Fsp3) is 0.294. The number of carbonyl (C=O) groups excluding carboxylic acids is 1. The highest BCUT2D eigenvalue weighted by Crippen LogP contribution is 2.27. The summed E-state index contributed by atoms with van der Waals surface area (Å²) in [5, 5.41) is 3.75. The lowest BCUT2D eigenvalue weighted by Gasteiger charge is -2.21. The molecule has 0 saturated heterocycles. The van der Waals surface area contributed by atoms with Crippen molar-refractivity contribution in [1.29, 1.82) is 0 Å². The highest BCUT2D eigenvalue weighted by molar-refractivity contribution is 6.16. The zero-order chi connectivity index (χ0) is 16.6. The standard InChI is InChI=1S/C17H19N5O/c1-17(2,3)22-9-14(13-8-20-10-21-16(13)22)15(23)11-5-12(18-4)7-19-6-11/h5-10,18H,1-4H3. The number of nitrogens with one attached hydrogen (secondary N) is 1. The molecule has 6 nitrogen and oxygen atoms in total. The van der Waals surface area contributed by atoms with Crippen LogP contribution in [-0.2, 0) is 5.54 Å². The molecule has 1 N–H and O–H groups in total. The average molecular weight is 309 g/mol. The van der Waals surface area contributed by atoms with Crippen LogP contribution in [-0.4, -0.2) is 32.3 Å². The number of nitrogens with zero attached hydrogens (tertiary/aromatic N) is 4. The molecule has 118 valence electrons. The third-order valence-corrected chi connectivity index (χ3v) is 3.72. The molecule has 0 amide bonds. The maximum absolute atomic E-state index is 12.9. The zero-order valence-electron chi connectivity index (χ0n) is 13.7. The van der Waals surface area contributed by atoms with Crippen LogP contribution in [0.2, 0.25) is 0 Å². The van der Waals surface area contributed by atoms with E-state index in [9.17, 15) is 4.79 Å². The first-order valence-electron chi connectivity index (χ1n) is 7.41. The number of fused-ring (bicyclic) bond motifs is 1. The number of pyridine rings is 1. The number of anilines is 1. The quantitative estimate of drug-likeness (QED) is 0.753. The van der Waals surface area contributed by atoms with Crippen molar-refractivity contribution in [3.05, 3.63) is 48.3 Å². The minimum atomic E-state index is -0.184. The van der Waals surface area contributed by atoms with E-state index in [2.05, 4.69) is 41.0 Å². The second-order valence-corrected chi connectivity index (χ2v) is 6.39. The third-order valence-electron chi connectivity index (χ3n) is 3.72. The van der Waals surface area contributed by atoms with Crippen molar-refractivity contribution in [2.24, 2.45) is 0 Å². The third kappa shape index (κ3) is 2.67. The van der Waals surface area contributed by atoms with Gasteiger partial charge in [-0.15, -0.1) is 0 Å². The molecule has 0 unspecified atom stereocenters. The average Bonchev–Trinajstić information content (AvgIpc) is 2.94. The molecule has 0 saturated carbocycles. The van der Waals surface area contributed by atoms with Gasteiger partial charge >= 0.3 is 0 Å². The molecule has 0 aliphatic carbocycles. The van der Waals surface area contributed by atoms with Crippen LogP contribution in [0.3, 0.4) is 0 Å². The van der Waals surface area contributed by atoms with Crippen molar-refractivity contribution < 1.29 is 4.79 Å². The summed E-state index contributed by atoms with van der Waals surface area (Å²) < 4.78 is 2.01. The summed E-state index contributed by atoms with van der Waals surface area (Å²) in [6.45, 7) is 6.23. The molecular weight excluding hydrogens is 290 g/mol. The molecule has 3 aromatic rings. The normalized spacial score (nSPS) is 11.7. The predicted molar refractivity (Wildman–Crippen MR) is 89.7 cm³/mol. The van der Waals surface area contributed by atoms with Crippen molar-refractivity contribution in [3.63, 3.8) is 0 Å². The highest BCUT2D eigenvalue weighted by Gasteiger charge is 2.23. The van der Waals surface area contributed by atoms with Crippen LogP contribution in [0.4, 0.5) is 5.69 Å². The van der Waals surface area contributed by atoms with Gasteiger partial charge in [0.1, 0.15) is 12.0 Å². The molecule has 0 spiro atoms. The molecule has 0 aliphatic rings. The number of aromatic nitrogens is 4. The summed E-state index contributed by atoms with van der Waals surface area (Å²) in [5.41, 5.74) is 2.50. The maximum Gasteiger partial charge on any atom is 0.196 e. The van der Waals surface area contributed by atoms with E-state index in [-0.39, 0.29) is 11.3 Å². The highest BCUT2D eigenvalue weighted by atomic mass is 16.1. The molecule has 23 heavy (non-hydrogen) atoms. The molecule has 0 bridgehead atoms. The van der Waals surface area contributed by atoms with Gasteiger partial charge in [0.25, 0.3) is 0 Å². The van der Waals surface area contributed by atoms with Gasteiger partial charge in [0, 0.05) is 48.3 Å². The molecule has 0 aromatic carbocycles. The lowest BCUT2D eigenvalue weighted by molar-refractivity contribution is 0.103. The lowest BCUT2D eigenvalue weighted by atomic mass is 10.1. The predicted octanol–water partition coefficient (Wildman–Crippen LogP) is 2.85. The van der Waals surface area contributed by atoms with Crippen molar-refractivity contribution in [1.82, 2.24) is 19.5 Å². The van der Waals surface area contributed by atoms with Gasteiger partial charge in [-0.2, -0.15) is 0 Å². The monoisotopic (exact) mass is 309 g/mol. The van der Waals surface area contributed by atoms with Crippen LogP contribution < -0.4 is 5.32 Å². The first-order chi connectivity index (χ1) is 10.9. The summed E-state index contributed by atoms with van der Waals surface area (Å²) in [7, 11) is 1.80. The Morgan fingerprint density at radius 2 is 1.96 bits per heavy atom. The van der Waals surface area contributed by atoms with Gasteiger partial charge in [0.05, 0.1) is 11.3 Å². The van der Waals surface area contributed by atoms with E-state index in [0.717, 1.165) is 16.7 Å². The summed E-state index contributed by atoms with van der Waals surface area (Å²) in [6.07, 6.45) is 8.30. The maximum atomic E-state index is 12.9. The molecule has 6 heteroatoms. The van der Waals surface area contributed by atoms with E-state index in [1.54, 1.807) is 31.7 Å². The Kier molecular flexibility index (Phi) is 3.60. The number of hydrogen-bond acceptors (Lipinski definition) is 5. The SMILES string of the molecule is CNc1cncc(C(=O)c2cn(C(C)(C)C)c3ncncc23)c1. The summed E-state index contributed by atoms with van der Waals surface area (Å²) >= 11 is 0. The Morgan fingerprint density at radius 3 is 2.65 bits per heavy atom. The summed E-state index contributed by atoms with van der Waals surface area (Å²) in [5.74, 6) is -0.0857. The van der Waals surface area contributed by atoms with E-state index < -0.39 is 0 Å². The second-order valence-electron chi connectivity index (χ2n) is 6.39. The van der Waals surface area contributed by atoms with Crippen LogP contribution in [0.15, 0.2) is 37.2 Å². The van der Waals surface area contributed by atoms with Gasteiger partial charge < -0.3 is 9.88 Å². The van der Waals surface area contributed by atoms with Gasteiger partial charge in [0.2, 0.25) is 0 Å². The fourth-order valence-corrected chi connectivity index (χ4v) is 2.51. The number of ketones is 1. The summed E-state index contributed by atoms with van der Waals surface area (Å²) in [4.78, 5) is 25.5. The van der Waals surface area contributed by atoms with Crippen LogP contribution in [0.25, 0.3) is 11.0 Å². The van der Waals surface area contributed by atoms with Gasteiger partial charge in [-0.25, -0.2) is 9.97 Å². The number of rotatable bonds is 3. The van der Waals surface area contributed by atoms with E-state index in [1.807, 2.05) is 10.8 Å². The van der Waals surface area contributed by atoms with Crippen LogP contribution in [0.5, 0.6) is 0 Å². The first-order valence-corrected chi connectivity index (χ1v) is 7.41. The molecule has 0 radical (unpaired) electrons. The van der Waals surface area contributed by atoms with Crippen molar-refractivity contribution >= 4 is 22.5 Å². The van der Waals surface area contributed by atoms with Gasteiger partial charge in [-0.3, -0.25) is 9.78 Å². The zero-order valence-corrected chi connectivity index (χ0v) is 13.7. The van der Waals surface area contributed by atoms with E-state index >= 15 is 0 Å². The van der Waals surface area contributed by atoms with Crippen molar-refractivity contribution in [3.8, 4) is 0 Å². The van der Waals surface area contributed by atoms with Gasteiger partial charge in [-0.05, 0) is 26.8 Å². The minimum Gasteiger partial charge on any atom is -0.387 e. The molecule has 3 rings (SSSR count). The smallest absolute Gasteiger partial charge is 0.196 e. The molecular formula is C17H19N5O. The second kappa shape index (κ2) is 5.46. The molecule has 3 aromatic heterocycles. The van der Waals surface area contributed by atoms with Crippen LogP contribution >= 0.6 is 0 Å². The molecule has 0 fully saturated rings. The largest absolute Gasteiger partial charge is 0.387 e. The molecule has 3 heterocycles. The van der Waals surface area contributed by atoms with E-state index in [4.69, 9.17) is 0 Å². The van der Waals surface area contributed by atoms with Gasteiger partial charge in [-0.1, -0.05) is 0 Å². The molecule has 0 atom stereocenters. The fourth-order valence-electron chi connectivity index (χ4n) is 2.51. The Hall–Kier alpha value is -2.76. The van der Waals surface area contributed by atoms with Crippen molar-refractivity contribution in [2.45, 2.75) is 26.3 Å². The van der Waals surface area contributed by atoms with Crippen LogP contribution in [0, 0.1) is 0 Å². The Balaban J connectivity index is 2.18. The van der Waals surface area contributed by atoms with Gasteiger partial charge in [0.15, 0.2) is 5.78 Å². The summed E-state index contributed by atoms with van der Waals surface area (Å²) in [6, 6.07) is 1.79. The topological polar surface area (TPSA) is 72.7 Å². The Bertz CT molecular complexity index is 876. The number of carbonyl (C=O) groups is 1. The van der Waals surface area contributed by atoms with E-state index in [1.165, 1.54) is 6.33 Å².